The molecule has 0 bridgehead atoms. The third-order valence-electron chi connectivity index (χ3n) is 2.38. The van der Waals surface area contributed by atoms with Gasteiger partial charge in [0, 0.05) is 14.2 Å². The van der Waals surface area contributed by atoms with Crippen molar-refractivity contribution in [2.24, 2.45) is 0 Å². The van der Waals surface area contributed by atoms with Crippen LogP contribution in [0.3, 0.4) is 0 Å². The molecular formula is C11H17BrSi. The minimum atomic E-state index is 0.296. The van der Waals surface area contributed by atoms with Crippen LogP contribution in [-0.4, -0.2) is 10.2 Å². The zero-order valence-corrected chi connectivity index (χ0v) is 12.0. The van der Waals surface area contributed by atoms with Crippen molar-refractivity contribution < 1.29 is 0 Å². The summed E-state index contributed by atoms with van der Waals surface area (Å²) in [6, 6.07) is 10.8. The van der Waals surface area contributed by atoms with Crippen LogP contribution < -0.4 is 0 Å². The Hall–Kier alpha value is -0.0831. The van der Waals surface area contributed by atoms with Gasteiger partial charge >= 0.3 is 0 Å². The first-order chi connectivity index (χ1) is 6.17. The molecule has 0 spiro atoms. The standard InChI is InChI=1S/C11H17BrSi/c1-2-3-9-11(12,13)10-7-5-4-6-8-10/h4-8H,2-3,9H2,1,13H3. The number of benzene rings is 1. The van der Waals surface area contributed by atoms with E-state index in [0.717, 1.165) is 0 Å². The van der Waals surface area contributed by atoms with Gasteiger partial charge in [0.2, 0.25) is 0 Å². The first-order valence-corrected chi connectivity index (χ1v) is 6.70. The van der Waals surface area contributed by atoms with Crippen LogP contribution in [0.2, 0.25) is 0 Å². The molecule has 0 nitrogen and oxygen atoms in total. The lowest BCUT2D eigenvalue weighted by Gasteiger charge is -2.22. The van der Waals surface area contributed by atoms with Gasteiger partial charge in [-0.1, -0.05) is 66.0 Å². The van der Waals surface area contributed by atoms with Crippen molar-refractivity contribution in [1.29, 1.82) is 0 Å². The highest BCUT2D eigenvalue weighted by Gasteiger charge is 2.20. The monoisotopic (exact) mass is 256 g/mol. The van der Waals surface area contributed by atoms with E-state index >= 15 is 0 Å². The molecule has 1 rings (SSSR count). The highest BCUT2D eigenvalue weighted by atomic mass is 79.9. The van der Waals surface area contributed by atoms with Crippen molar-refractivity contribution in [3.05, 3.63) is 35.9 Å². The van der Waals surface area contributed by atoms with Gasteiger partial charge in [0.15, 0.2) is 0 Å². The summed E-state index contributed by atoms with van der Waals surface area (Å²) >= 11 is 3.85. The van der Waals surface area contributed by atoms with Gasteiger partial charge in [0.25, 0.3) is 0 Å². The molecule has 0 aliphatic rings. The molecule has 1 aromatic rings. The number of rotatable bonds is 4. The Bertz CT molecular complexity index is 244. The lowest BCUT2D eigenvalue weighted by Crippen LogP contribution is -2.17. The first-order valence-electron chi connectivity index (χ1n) is 4.91. The van der Waals surface area contributed by atoms with Crippen molar-refractivity contribution in [3.63, 3.8) is 0 Å². The number of alkyl halides is 1. The lowest BCUT2D eigenvalue weighted by atomic mass is 10.1. The normalized spacial score (nSPS) is 15.5. The van der Waals surface area contributed by atoms with Crippen LogP contribution in [0.1, 0.15) is 31.7 Å². The van der Waals surface area contributed by atoms with Crippen LogP contribution in [-0.2, 0) is 3.95 Å². The predicted molar refractivity (Wildman–Crippen MR) is 66.5 cm³/mol. The maximum atomic E-state index is 3.85. The van der Waals surface area contributed by atoms with Gasteiger partial charge in [-0.25, -0.2) is 0 Å². The molecule has 0 amide bonds. The van der Waals surface area contributed by atoms with Gasteiger partial charge in [0.05, 0.1) is 0 Å². The van der Waals surface area contributed by atoms with Crippen molar-refractivity contribution in [1.82, 2.24) is 0 Å². The fourth-order valence-corrected chi connectivity index (χ4v) is 2.67. The maximum absolute atomic E-state index is 3.85. The summed E-state index contributed by atoms with van der Waals surface area (Å²) in [5, 5.41) is 0. The van der Waals surface area contributed by atoms with Gasteiger partial charge in [-0.05, 0) is 12.0 Å². The van der Waals surface area contributed by atoms with Gasteiger partial charge in [-0.2, -0.15) is 0 Å². The zero-order valence-electron chi connectivity index (χ0n) is 8.39. The van der Waals surface area contributed by atoms with Crippen molar-refractivity contribution in [2.75, 3.05) is 0 Å². The molecule has 0 radical (unpaired) electrons. The van der Waals surface area contributed by atoms with Crippen LogP contribution in [0.15, 0.2) is 30.3 Å². The number of hydrogen-bond acceptors (Lipinski definition) is 0. The van der Waals surface area contributed by atoms with E-state index in [-0.39, 0.29) is 0 Å². The maximum Gasteiger partial charge on any atom is 0.0332 e. The second-order valence-corrected chi connectivity index (χ2v) is 8.59. The van der Waals surface area contributed by atoms with Crippen LogP contribution in [0, 0.1) is 0 Å². The molecular weight excluding hydrogens is 240 g/mol. The Morgan fingerprint density at radius 2 is 1.92 bits per heavy atom. The van der Waals surface area contributed by atoms with Gasteiger partial charge in [0.1, 0.15) is 0 Å². The number of halogens is 1. The predicted octanol–water partition coefficient (Wildman–Crippen LogP) is 2.79. The molecule has 1 aromatic carbocycles. The molecule has 1 atom stereocenters. The fourth-order valence-electron chi connectivity index (χ4n) is 1.44. The number of unbranched alkanes of at least 4 members (excludes halogenated alkanes) is 1. The smallest absolute Gasteiger partial charge is 0.0332 e. The zero-order chi connectivity index (χ0) is 9.73. The summed E-state index contributed by atoms with van der Waals surface area (Å²) in [5.74, 6) is 0. The second kappa shape index (κ2) is 4.96. The number of hydrogen-bond donors (Lipinski definition) is 0. The lowest BCUT2D eigenvalue weighted by molar-refractivity contribution is 0.675. The summed E-state index contributed by atoms with van der Waals surface area (Å²) in [4.78, 5) is 0. The Morgan fingerprint density at radius 3 is 2.46 bits per heavy atom. The topological polar surface area (TPSA) is 0 Å². The third-order valence-corrected chi connectivity index (χ3v) is 4.31. The molecule has 0 aliphatic carbocycles. The minimum absolute atomic E-state index is 0.296. The van der Waals surface area contributed by atoms with Crippen LogP contribution in [0.5, 0.6) is 0 Å². The molecule has 0 fully saturated rings. The van der Waals surface area contributed by atoms with Crippen LogP contribution in [0.4, 0.5) is 0 Å². The quantitative estimate of drug-likeness (QED) is 0.574. The van der Waals surface area contributed by atoms with Crippen LogP contribution in [0.25, 0.3) is 0 Å². The molecule has 0 saturated heterocycles. The molecule has 13 heavy (non-hydrogen) atoms. The van der Waals surface area contributed by atoms with E-state index in [0.29, 0.717) is 3.95 Å². The van der Waals surface area contributed by atoms with Gasteiger partial charge < -0.3 is 0 Å². The van der Waals surface area contributed by atoms with Gasteiger partial charge in [-0.3, -0.25) is 0 Å². The third kappa shape index (κ3) is 3.28. The largest absolute Gasteiger partial charge is 0.0849 e. The Morgan fingerprint density at radius 1 is 1.31 bits per heavy atom. The van der Waals surface area contributed by atoms with Crippen molar-refractivity contribution in [3.8, 4) is 0 Å². The summed E-state index contributed by atoms with van der Waals surface area (Å²) < 4.78 is 0.296. The van der Waals surface area contributed by atoms with Crippen LogP contribution >= 0.6 is 15.9 Å². The molecule has 0 aliphatic heterocycles. The fraction of sp³-hybridized carbons (Fsp3) is 0.455. The van der Waals surface area contributed by atoms with E-state index in [1.54, 1.807) is 0 Å². The SMILES string of the molecule is CCCCC([SiH3])(Br)c1ccccc1. The average Bonchev–Trinajstić information content (AvgIpc) is 2.16. The molecule has 0 aromatic heterocycles. The molecule has 0 saturated carbocycles. The van der Waals surface area contributed by atoms with E-state index in [9.17, 15) is 0 Å². The summed E-state index contributed by atoms with van der Waals surface area (Å²) in [7, 11) is 1.17. The highest BCUT2D eigenvalue weighted by molar-refractivity contribution is 9.10. The van der Waals surface area contributed by atoms with Crippen molar-refractivity contribution in [2.45, 2.75) is 30.1 Å². The summed E-state index contributed by atoms with van der Waals surface area (Å²) in [6.07, 6.45) is 3.85. The molecule has 1 unspecified atom stereocenters. The van der Waals surface area contributed by atoms with E-state index in [4.69, 9.17) is 0 Å². The first kappa shape index (κ1) is 11.0. The summed E-state index contributed by atoms with van der Waals surface area (Å²) in [6.45, 7) is 2.25. The Balaban J connectivity index is 2.69. The van der Waals surface area contributed by atoms with Crippen molar-refractivity contribution >= 4 is 26.2 Å². The Kier molecular flexibility index (Phi) is 4.20. The molecule has 2 heteroatoms. The van der Waals surface area contributed by atoms with E-state index in [2.05, 4.69) is 53.2 Å². The Labute approximate surface area is 92.3 Å². The molecule has 72 valence electrons. The average molecular weight is 257 g/mol. The van der Waals surface area contributed by atoms with E-state index < -0.39 is 0 Å². The highest BCUT2D eigenvalue weighted by Crippen LogP contribution is 2.32. The summed E-state index contributed by atoms with van der Waals surface area (Å²) in [5.41, 5.74) is 1.44. The minimum Gasteiger partial charge on any atom is -0.0849 e. The molecule has 0 heterocycles. The van der Waals surface area contributed by atoms with E-state index in [1.165, 1.54) is 35.1 Å². The van der Waals surface area contributed by atoms with Gasteiger partial charge in [-0.15, -0.1) is 0 Å². The molecule has 0 N–H and O–H groups in total. The second-order valence-electron chi connectivity index (χ2n) is 3.67. The van der Waals surface area contributed by atoms with E-state index in [1.807, 2.05) is 0 Å².